The summed E-state index contributed by atoms with van der Waals surface area (Å²) in [6.45, 7) is 10.5. The monoisotopic (exact) mass is 605 g/mol. The molecule has 0 fully saturated rings. The Morgan fingerprint density at radius 3 is 2.50 bits per heavy atom. The molecule has 0 bridgehead atoms. The Balaban J connectivity index is 1.29. The first-order valence-electron chi connectivity index (χ1n) is 15.0. The molecule has 9 heteroatoms. The van der Waals surface area contributed by atoms with Crippen molar-refractivity contribution in [2.45, 2.75) is 71.5 Å². The van der Waals surface area contributed by atoms with Crippen molar-refractivity contribution in [3.63, 3.8) is 0 Å². The molecule has 1 heterocycles. The van der Waals surface area contributed by atoms with Gasteiger partial charge in [-0.15, -0.1) is 0 Å². The van der Waals surface area contributed by atoms with Crippen LogP contribution in [0.25, 0.3) is 11.1 Å². The third-order valence-corrected chi connectivity index (χ3v) is 7.88. The molecule has 0 spiro atoms. The number of carbonyl (C=O) groups excluding carboxylic acids is 2. The average molecular weight is 606 g/mol. The zero-order valence-electron chi connectivity index (χ0n) is 26.2. The van der Waals surface area contributed by atoms with E-state index in [1.54, 1.807) is 0 Å². The summed E-state index contributed by atoms with van der Waals surface area (Å²) in [6.07, 6.45) is 0.672. The summed E-state index contributed by atoms with van der Waals surface area (Å²) < 4.78 is 43.5. The lowest BCUT2D eigenvalue weighted by Gasteiger charge is -2.20. The first-order chi connectivity index (χ1) is 20.9. The maximum Gasteiger partial charge on any atom is 0.407 e. The van der Waals surface area contributed by atoms with Crippen molar-refractivity contribution in [3.05, 3.63) is 76.1 Å². The Morgan fingerprint density at radius 2 is 1.80 bits per heavy atom. The third kappa shape index (κ3) is 6.93. The van der Waals surface area contributed by atoms with Gasteiger partial charge in [-0.05, 0) is 99.5 Å². The smallest absolute Gasteiger partial charge is 0.407 e. The van der Waals surface area contributed by atoms with Gasteiger partial charge in [0.15, 0.2) is 0 Å². The van der Waals surface area contributed by atoms with Gasteiger partial charge in [0.2, 0.25) is 0 Å². The van der Waals surface area contributed by atoms with Crippen LogP contribution in [0.15, 0.2) is 42.5 Å². The molecule has 0 aromatic heterocycles. The van der Waals surface area contributed by atoms with E-state index in [2.05, 4.69) is 5.32 Å². The van der Waals surface area contributed by atoms with Crippen LogP contribution in [0.1, 0.15) is 73.5 Å². The number of nitrogens with one attached hydrogen (secondary N) is 1. The van der Waals surface area contributed by atoms with Gasteiger partial charge in [-0.3, -0.25) is 4.79 Å². The van der Waals surface area contributed by atoms with Gasteiger partial charge in [-0.25, -0.2) is 9.18 Å². The standard InChI is InChI=1S/C35H40FNO7/c1-20-15-24(41-14-13-37-34(39)44-35(3,4)5)16-21(2)32(20)26-9-11-28(36)33-27(26)10-12-29(33)43-23-7-8-25-22(17-31(38)40-6)19-42-30(25)18-23/h7-9,11,15-16,18,22,29H,10,12-14,17,19H2,1-6H3,(H,37,39). The van der Waals surface area contributed by atoms with E-state index >= 15 is 4.39 Å². The van der Waals surface area contributed by atoms with Crippen LogP contribution in [-0.4, -0.2) is 44.5 Å². The Hall–Kier alpha value is -4.27. The number of amides is 1. The maximum atomic E-state index is 15.3. The highest BCUT2D eigenvalue weighted by molar-refractivity contribution is 5.76. The minimum atomic E-state index is -0.559. The highest BCUT2D eigenvalue weighted by atomic mass is 19.1. The molecule has 3 aromatic rings. The molecular formula is C35H40FNO7. The number of fused-ring (bicyclic) bond motifs is 2. The SMILES string of the molecule is COC(=O)CC1COc2cc(OC3CCc4c(-c5c(C)cc(OCCNC(=O)OC(C)(C)C)cc5C)ccc(F)c43)ccc21. The van der Waals surface area contributed by atoms with Gasteiger partial charge < -0.3 is 29.0 Å². The van der Waals surface area contributed by atoms with Gasteiger partial charge >= 0.3 is 12.1 Å². The number of alkyl carbamates (subject to hydrolysis) is 1. The number of aryl methyl sites for hydroxylation is 2. The zero-order valence-corrected chi connectivity index (χ0v) is 26.2. The summed E-state index contributed by atoms with van der Waals surface area (Å²) in [4.78, 5) is 23.6. The van der Waals surface area contributed by atoms with Crippen molar-refractivity contribution < 1.29 is 37.7 Å². The van der Waals surface area contributed by atoms with Crippen LogP contribution in [0.4, 0.5) is 9.18 Å². The van der Waals surface area contributed by atoms with E-state index in [0.717, 1.165) is 33.4 Å². The summed E-state index contributed by atoms with van der Waals surface area (Å²) in [7, 11) is 1.38. The van der Waals surface area contributed by atoms with Crippen LogP contribution in [0, 0.1) is 19.7 Å². The Morgan fingerprint density at radius 1 is 1.05 bits per heavy atom. The number of rotatable bonds is 9. The Labute approximate surface area is 257 Å². The molecule has 0 saturated carbocycles. The number of halogens is 1. The minimum Gasteiger partial charge on any atom is -0.492 e. The molecule has 1 amide bonds. The second kappa shape index (κ2) is 12.8. The quantitative estimate of drug-likeness (QED) is 0.205. The van der Waals surface area contributed by atoms with E-state index in [1.807, 2.05) is 71.0 Å². The second-order valence-corrected chi connectivity index (χ2v) is 12.3. The average Bonchev–Trinajstić information content (AvgIpc) is 3.55. The minimum absolute atomic E-state index is 0.0594. The predicted molar refractivity (Wildman–Crippen MR) is 164 cm³/mol. The van der Waals surface area contributed by atoms with Crippen molar-refractivity contribution >= 4 is 12.1 Å². The van der Waals surface area contributed by atoms with E-state index in [-0.39, 0.29) is 24.1 Å². The van der Waals surface area contributed by atoms with Crippen molar-refractivity contribution in [1.29, 1.82) is 0 Å². The lowest BCUT2D eigenvalue weighted by atomic mass is 9.90. The van der Waals surface area contributed by atoms with Crippen molar-refractivity contribution in [2.24, 2.45) is 0 Å². The number of hydrogen-bond acceptors (Lipinski definition) is 7. The normalized spacial score (nSPS) is 16.9. The zero-order chi connectivity index (χ0) is 31.6. The van der Waals surface area contributed by atoms with Crippen LogP contribution < -0.4 is 19.5 Å². The number of hydrogen-bond donors (Lipinski definition) is 1. The van der Waals surface area contributed by atoms with E-state index < -0.39 is 17.8 Å². The molecule has 2 aliphatic rings. The molecule has 2 unspecified atom stereocenters. The van der Waals surface area contributed by atoms with Gasteiger partial charge in [0.25, 0.3) is 0 Å². The molecule has 5 rings (SSSR count). The van der Waals surface area contributed by atoms with E-state index in [0.29, 0.717) is 55.4 Å². The molecule has 234 valence electrons. The highest BCUT2D eigenvalue weighted by Gasteiger charge is 2.32. The second-order valence-electron chi connectivity index (χ2n) is 12.3. The number of ether oxygens (including phenoxy) is 5. The van der Waals surface area contributed by atoms with Crippen LogP contribution in [0.5, 0.6) is 17.2 Å². The van der Waals surface area contributed by atoms with E-state index in [1.165, 1.54) is 13.2 Å². The summed E-state index contributed by atoms with van der Waals surface area (Å²) in [5.74, 6) is 1.35. The molecule has 0 saturated heterocycles. The molecule has 8 nitrogen and oxygen atoms in total. The van der Waals surface area contributed by atoms with Gasteiger partial charge in [0.1, 0.15) is 41.4 Å². The Bertz CT molecular complexity index is 1540. The summed E-state index contributed by atoms with van der Waals surface area (Å²) in [5, 5.41) is 2.70. The molecule has 3 aromatic carbocycles. The molecule has 44 heavy (non-hydrogen) atoms. The van der Waals surface area contributed by atoms with Gasteiger partial charge in [-0.1, -0.05) is 12.1 Å². The number of carbonyl (C=O) groups is 2. The highest BCUT2D eigenvalue weighted by Crippen LogP contribution is 2.45. The van der Waals surface area contributed by atoms with Crippen LogP contribution in [0.3, 0.4) is 0 Å². The summed E-state index contributed by atoms with van der Waals surface area (Å²) >= 11 is 0. The maximum absolute atomic E-state index is 15.3. The lowest BCUT2D eigenvalue weighted by Crippen LogP contribution is -2.34. The van der Waals surface area contributed by atoms with Crippen molar-refractivity contribution in [1.82, 2.24) is 5.32 Å². The molecular weight excluding hydrogens is 565 g/mol. The molecule has 1 aliphatic carbocycles. The predicted octanol–water partition coefficient (Wildman–Crippen LogP) is 7.12. The van der Waals surface area contributed by atoms with Crippen LogP contribution in [0.2, 0.25) is 0 Å². The molecule has 2 atom stereocenters. The first kappa shape index (κ1) is 31.2. The van der Waals surface area contributed by atoms with Crippen molar-refractivity contribution in [3.8, 4) is 28.4 Å². The van der Waals surface area contributed by atoms with Gasteiger partial charge in [0, 0.05) is 23.1 Å². The number of methoxy groups -OCH3 is 1. The largest absolute Gasteiger partial charge is 0.492 e. The van der Waals surface area contributed by atoms with Gasteiger partial charge in [0.05, 0.1) is 26.7 Å². The first-order valence-corrected chi connectivity index (χ1v) is 15.0. The van der Waals surface area contributed by atoms with Crippen LogP contribution >= 0.6 is 0 Å². The van der Waals surface area contributed by atoms with Gasteiger partial charge in [-0.2, -0.15) is 0 Å². The van der Waals surface area contributed by atoms with E-state index in [9.17, 15) is 9.59 Å². The molecule has 1 N–H and O–H groups in total. The number of benzene rings is 3. The lowest BCUT2D eigenvalue weighted by molar-refractivity contribution is -0.141. The number of esters is 1. The van der Waals surface area contributed by atoms with E-state index in [4.69, 9.17) is 23.7 Å². The van der Waals surface area contributed by atoms with Crippen LogP contribution in [-0.2, 0) is 20.7 Å². The Kier molecular flexibility index (Phi) is 9.04. The molecule has 0 radical (unpaired) electrons. The fraction of sp³-hybridized carbons (Fsp3) is 0.429. The topological polar surface area (TPSA) is 92.3 Å². The molecule has 1 aliphatic heterocycles. The van der Waals surface area contributed by atoms with Crippen molar-refractivity contribution in [2.75, 3.05) is 26.9 Å². The summed E-state index contributed by atoms with van der Waals surface area (Å²) in [5.41, 5.74) is 5.97. The fourth-order valence-electron chi connectivity index (χ4n) is 6.04. The fourth-order valence-corrected chi connectivity index (χ4v) is 6.04. The third-order valence-electron chi connectivity index (χ3n) is 7.88. The summed E-state index contributed by atoms with van der Waals surface area (Å²) in [6, 6.07) is 12.9.